The number of carbonyl (C=O) groups is 2. The number of ether oxygens (including phenoxy) is 1. The van der Waals surface area contributed by atoms with E-state index in [0.717, 1.165) is 6.20 Å². The number of hydrogen-bond donors (Lipinski definition) is 4. The van der Waals surface area contributed by atoms with Gasteiger partial charge in [0.05, 0.1) is 12.7 Å². The first-order valence-electron chi connectivity index (χ1n) is 10.8. The number of sulfonamides is 1. The van der Waals surface area contributed by atoms with E-state index in [2.05, 4.69) is 10.0 Å². The van der Waals surface area contributed by atoms with Gasteiger partial charge in [-0.15, -0.1) is 0 Å². The number of hydrogen-bond acceptors (Lipinski definition) is 7. The topological polar surface area (TPSA) is 156 Å². The highest BCUT2D eigenvalue weighted by Crippen LogP contribution is 2.35. The highest BCUT2D eigenvalue weighted by atomic mass is 32.2. The highest BCUT2D eigenvalue weighted by molar-refractivity contribution is 7.89. The quantitative estimate of drug-likeness (QED) is 0.402. The minimum atomic E-state index is -4.23. The van der Waals surface area contributed by atoms with Crippen LogP contribution in [0.15, 0.2) is 23.2 Å². The molecular formula is C21H24F3N5O6S. The average Bonchev–Trinajstić information content (AvgIpc) is 3.34. The summed E-state index contributed by atoms with van der Waals surface area (Å²) in [4.78, 5) is 26.5. The molecule has 1 saturated heterocycles. The molecule has 5 N–H and O–H groups in total. The number of anilines is 1. The predicted octanol–water partition coefficient (Wildman–Crippen LogP) is -0.0995. The van der Waals surface area contributed by atoms with Crippen LogP contribution in [0.2, 0.25) is 0 Å². The molecule has 4 atom stereocenters. The summed E-state index contributed by atoms with van der Waals surface area (Å²) < 4.78 is 76.1. The number of nitrogens with two attached hydrogens (primary N) is 1. The van der Waals surface area contributed by atoms with E-state index in [1.165, 1.54) is 23.4 Å². The summed E-state index contributed by atoms with van der Waals surface area (Å²) in [6.07, 6.45) is 0.0351. The zero-order chi connectivity index (χ0) is 26.5. The molecule has 2 unspecified atom stereocenters. The van der Waals surface area contributed by atoms with E-state index in [1.807, 2.05) is 0 Å². The second-order valence-electron chi connectivity index (χ2n) is 8.80. The molecule has 36 heavy (non-hydrogen) atoms. The van der Waals surface area contributed by atoms with Crippen LogP contribution in [0.4, 0.5) is 18.9 Å². The maximum atomic E-state index is 13.6. The van der Waals surface area contributed by atoms with Crippen LogP contribution in [-0.4, -0.2) is 72.7 Å². The third-order valence-corrected chi connectivity index (χ3v) is 7.64. The maximum Gasteiger partial charge on any atom is 0.276 e. The molecule has 2 aliphatic heterocycles. The van der Waals surface area contributed by atoms with Crippen LogP contribution >= 0.6 is 0 Å². The van der Waals surface area contributed by atoms with Crippen LogP contribution in [0.5, 0.6) is 5.75 Å². The van der Waals surface area contributed by atoms with Crippen molar-refractivity contribution >= 4 is 27.5 Å². The molecule has 0 aliphatic carbocycles. The number of aromatic nitrogens is 1. The summed E-state index contributed by atoms with van der Waals surface area (Å²) in [5.74, 6) is -7.04. The van der Waals surface area contributed by atoms with Crippen molar-refractivity contribution in [1.82, 2.24) is 14.2 Å². The first kappa shape index (κ1) is 25.9. The van der Waals surface area contributed by atoms with E-state index in [4.69, 9.17) is 10.5 Å². The van der Waals surface area contributed by atoms with E-state index >= 15 is 0 Å². The average molecular weight is 532 g/mol. The molecule has 4 rings (SSSR count). The lowest BCUT2D eigenvalue weighted by atomic mass is 10.1. The molecule has 2 amide bonds. The molecule has 1 aromatic heterocycles. The van der Waals surface area contributed by atoms with Crippen molar-refractivity contribution in [2.75, 3.05) is 25.0 Å². The molecule has 0 saturated carbocycles. The summed E-state index contributed by atoms with van der Waals surface area (Å²) in [5, 5.41) is 11.8. The van der Waals surface area contributed by atoms with Gasteiger partial charge in [0, 0.05) is 56.1 Å². The molecule has 1 aromatic carbocycles. The largest absolute Gasteiger partial charge is 0.489 e. The fourth-order valence-electron chi connectivity index (χ4n) is 4.21. The number of fused-ring (bicyclic) bond motifs is 2. The maximum absolute atomic E-state index is 13.6. The number of amides is 2. The van der Waals surface area contributed by atoms with Crippen molar-refractivity contribution in [2.45, 2.75) is 30.0 Å². The Labute approximate surface area is 204 Å². The molecule has 2 aliphatic rings. The minimum absolute atomic E-state index is 0.00369. The van der Waals surface area contributed by atoms with Gasteiger partial charge in [-0.1, -0.05) is 0 Å². The number of aryl methyl sites for hydroxylation is 1. The van der Waals surface area contributed by atoms with Crippen LogP contribution in [0.3, 0.4) is 0 Å². The zero-order valence-corrected chi connectivity index (χ0v) is 20.0. The molecule has 196 valence electrons. The third-order valence-electron chi connectivity index (χ3n) is 6.15. The van der Waals surface area contributed by atoms with Gasteiger partial charge in [-0.3, -0.25) is 9.59 Å². The normalized spacial score (nSPS) is 22.5. The lowest BCUT2D eigenvalue weighted by molar-refractivity contribution is -0.134. The van der Waals surface area contributed by atoms with Crippen molar-refractivity contribution in [1.29, 1.82) is 0 Å². The molecule has 0 spiro atoms. The van der Waals surface area contributed by atoms with Gasteiger partial charge in [-0.25, -0.2) is 26.3 Å². The SMILES string of the molecule is C[C@@H](O)[C@H](N)C(=O)N1CC2COc3c(cn(C)c3C(=O)Nc3cc(F)c(F)c(F)c3)S(=O)(=O)NC2C1. The molecular weight excluding hydrogens is 507 g/mol. The Kier molecular flexibility index (Phi) is 6.76. The smallest absolute Gasteiger partial charge is 0.276 e. The van der Waals surface area contributed by atoms with Gasteiger partial charge in [0.2, 0.25) is 15.9 Å². The Morgan fingerprint density at radius 3 is 2.50 bits per heavy atom. The van der Waals surface area contributed by atoms with Gasteiger partial charge in [0.25, 0.3) is 5.91 Å². The summed E-state index contributed by atoms with van der Waals surface area (Å²) in [6.45, 7) is 1.37. The van der Waals surface area contributed by atoms with Crippen molar-refractivity contribution in [3.05, 3.63) is 41.5 Å². The standard InChI is InChI=1S/C21H24F3N5O6S/c1-9(30)17(25)21(32)29-5-10-8-35-19-15(36(33,34)27-14(10)6-29)7-28(2)18(19)20(31)26-11-3-12(22)16(24)13(23)4-11/h3-4,7,9-10,14,17,27,30H,5-6,8,25H2,1-2H3,(H,26,31)/t9-,10?,14?,17+/m1/s1. The van der Waals surface area contributed by atoms with E-state index in [0.29, 0.717) is 12.1 Å². The van der Waals surface area contributed by atoms with Gasteiger partial charge < -0.3 is 30.4 Å². The molecule has 15 heteroatoms. The van der Waals surface area contributed by atoms with E-state index in [-0.39, 0.29) is 36.0 Å². The van der Waals surface area contributed by atoms with Crippen LogP contribution in [0.25, 0.3) is 0 Å². The zero-order valence-electron chi connectivity index (χ0n) is 19.2. The Bertz CT molecular complexity index is 1310. The van der Waals surface area contributed by atoms with E-state index < -0.39 is 69.1 Å². The lowest BCUT2D eigenvalue weighted by Crippen LogP contribution is -2.49. The van der Waals surface area contributed by atoms with Crippen molar-refractivity contribution in [3.63, 3.8) is 0 Å². The number of carbonyl (C=O) groups excluding carboxylic acids is 2. The van der Waals surface area contributed by atoms with Gasteiger partial charge in [0.1, 0.15) is 10.9 Å². The first-order chi connectivity index (χ1) is 16.8. The molecule has 3 heterocycles. The number of rotatable bonds is 4. The van der Waals surface area contributed by atoms with Gasteiger partial charge in [-0.05, 0) is 6.92 Å². The Morgan fingerprint density at radius 2 is 1.89 bits per heavy atom. The predicted molar refractivity (Wildman–Crippen MR) is 119 cm³/mol. The summed E-state index contributed by atoms with van der Waals surface area (Å²) in [6, 6.07) is -0.735. The number of halogens is 3. The molecule has 11 nitrogen and oxygen atoms in total. The second-order valence-corrected chi connectivity index (χ2v) is 10.5. The molecule has 1 fully saturated rings. The fraction of sp³-hybridized carbons (Fsp3) is 0.429. The fourth-order valence-corrected chi connectivity index (χ4v) is 5.70. The van der Waals surface area contributed by atoms with Crippen molar-refractivity contribution < 1.29 is 41.0 Å². The Hall–Kier alpha value is -3.14. The van der Waals surface area contributed by atoms with Gasteiger partial charge >= 0.3 is 0 Å². The van der Waals surface area contributed by atoms with Crippen molar-refractivity contribution in [3.8, 4) is 5.75 Å². The first-order valence-corrected chi connectivity index (χ1v) is 12.3. The number of aliphatic hydroxyl groups excluding tert-OH is 1. The van der Waals surface area contributed by atoms with E-state index in [1.54, 1.807) is 0 Å². The molecule has 2 aromatic rings. The van der Waals surface area contributed by atoms with E-state index in [9.17, 15) is 36.3 Å². The molecule has 0 radical (unpaired) electrons. The number of likely N-dealkylation sites (tertiary alicyclic amines) is 1. The summed E-state index contributed by atoms with van der Waals surface area (Å²) in [5.41, 5.74) is 5.08. The highest BCUT2D eigenvalue weighted by Gasteiger charge is 2.43. The number of aliphatic hydroxyl groups is 1. The van der Waals surface area contributed by atoms with Crippen molar-refractivity contribution in [2.24, 2.45) is 18.7 Å². The van der Waals surface area contributed by atoms with Crippen LogP contribution in [0, 0.1) is 23.4 Å². The number of benzene rings is 1. The minimum Gasteiger partial charge on any atom is -0.489 e. The van der Waals surface area contributed by atoms with Crippen LogP contribution < -0.4 is 20.5 Å². The monoisotopic (exact) mass is 531 g/mol. The number of nitrogens with zero attached hydrogens (tertiary/aromatic N) is 2. The Balaban J connectivity index is 1.61. The van der Waals surface area contributed by atoms with Gasteiger partial charge in [-0.2, -0.15) is 0 Å². The molecule has 0 bridgehead atoms. The van der Waals surface area contributed by atoms with Gasteiger partial charge in [0.15, 0.2) is 28.9 Å². The summed E-state index contributed by atoms with van der Waals surface area (Å²) >= 11 is 0. The third kappa shape index (κ3) is 4.66. The van der Waals surface area contributed by atoms with Crippen LogP contribution in [-0.2, 0) is 21.9 Å². The number of nitrogens with one attached hydrogen (secondary N) is 2. The summed E-state index contributed by atoms with van der Waals surface area (Å²) in [7, 11) is -2.85. The Morgan fingerprint density at radius 1 is 1.25 bits per heavy atom. The van der Waals surface area contributed by atoms with Crippen LogP contribution in [0.1, 0.15) is 17.4 Å². The lowest BCUT2D eigenvalue weighted by Gasteiger charge is -2.23. The second kappa shape index (κ2) is 9.38.